The largest absolute Gasteiger partial charge is 0.459 e. The van der Waals surface area contributed by atoms with Crippen molar-refractivity contribution >= 4 is 75.2 Å². The third kappa shape index (κ3) is 24.9. The summed E-state index contributed by atoms with van der Waals surface area (Å²) in [7, 11) is 3.06. The van der Waals surface area contributed by atoms with Crippen LogP contribution in [0.4, 0.5) is 16.6 Å². The number of alkyl carbamates (subject to hydrolysis) is 1. The number of aliphatic hydroxyl groups is 3. The Balaban J connectivity index is 0.598. The molecule has 3 amide bonds. The minimum atomic E-state index is -2.51. The van der Waals surface area contributed by atoms with Gasteiger partial charge >= 0.3 is 12.1 Å². The number of fused-ring (bicyclic) bond motifs is 6. The lowest BCUT2D eigenvalue weighted by molar-refractivity contribution is -0.265. The molecule has 2 saturated heterocycles. The van der Waals surface area contributed by atoms with E-state index in [-0.39, 0.29) is 74.9 Å². The molecule has 3 fully saturated rings. The zero-order valence-electron chi connectivity index (χ0n) is 69.4. The normalized spacial score (nSPS) is 27.4. The van der Waals surface area contributed by atoms with Gasteiger partial charge in [0.2, 0.25) is 11.7 Å². The summed E-state index contributed by atoms with van der Waals surface area (Å²) in [6.45, 7) is 15.4. The van der Waals surface area contributed by atoms with E-state index in [1.807, 2.05) is 65.9 Å². The van der Waals surface area contributed by atoms with E-state index in [4.69, 9.17) is 74.1 Å². The molecular formula is C86H121N11O21. The van der Waals surface area contributed by atoms with Gasteiger partial charge in [-0.1, -0.05) is 82.4 Å². The second-order valence-electron chi connectivity index (χ2n) is 31.9. The van der Waals surface area contributed by atoms with Crippen LogP contribution in [-0.4, -0.2) is 252 Å². The Labute approximate surface area is 689 Å². The number of piperidine rings is 1. The van der Waals surface area contributed by atoms with Crippen molar-refractivity contribution in [3.8, 4) is 11.3 Å². The minimum Gasteiger partial charge on any atom is -0.459 e. The first-order valence-electron chi connectivity index (χ1n) is 41.5. The molecule has 118 heavy (non-hydrogen) atoms. The topological polar surface area (TPSA) is 439 Å². The molecule has 3 aromatic heterocycles. The van der Waals surface area contributed by atoms with Crippen LogP contribution in [0.15, 0.2) is 94.7 Å². The number of aliphatic hydroxyl groups excluding tert-OH is 2. The monoisotopic (exact) mass is 1640 g/mol. The Bertz CT molecular complexity index is 4330. The van der Waals surface area contributed by atoms with Crippen LogP contribution in [0.25, 0.3) is 33.4 Å². The van der Waals surface area contributed by atoms with Crippen molar-refractivity contribution in [1.29, 1.82) is 0 Å². The predicted octanol–water partition coefficient (Wildman–Crippen LogP) is 7.56. The summed E-state index contributed by atoms with van der Waals surface area (Å²) in [5, 5.41) is 42.9. The number of nitrogens with one attached hydrogen (secondary N) is 1. The average Bonchev–Trinajstić information content (AvgIpc) is 1.70. The molecule has 0 spiro atoms. The van der Waals surface area contributed by atoms with Gasteiger partial charge in [-0.2, -0.15) is 10.1 Å². The van der Waals surface area contributed by atoms with Gasteiger partial charge in [0, 0.05) is 95.6 Å². The van der Waals surface area contributed by atoms with Gasteiger partial charge in [0.25, 0.3) is 17.7 Å². The van der Waals surface area contributed by atoms with E-state index < -0.39 is 120 Å². The number of cyclic esters (lactones) is 1. The number of ether oxygens (including phenoxy) is 10. The third-order valence-corrected chi connectivity index (χ3v) is 23.1. The molecular weight excluding hydrogens is 1520 g/mol. The van der Waals surface area contributed by atoms with Crippen LogP contribution in [0.2, 0.25) is 0 Å². The number of aromatic nitrogens is 5. The predicted molar refractivity (Wildman–Crippen MR) is 437 cm³/mol. The fraction of sp³-hybridized carbons (Fsp3) is 0.616. The second-order valence-corrected chi connectivity index (χ2v) is 31.9. The van der Waals surface area contributed by atoms with E-state index in [0.717, 1.165) is 33.6 Å². The Hall–Kier alpha value is -8.77. The Morgan fingerprint density at radius 2 is 1.49 bits per heavy atom. The molecule has 32 nitrogen and oxygen atoms in total. The summed E-state index contributed by atoms with van der Waals surface area (Å²) in [4.78, 5) is 114. The molecule has 7 heterocycles. The number of rotatable bonds is 28. The summed E-state index contributed by atoms with van der Waals surface area (Å²) in [5.74, 6) is -8.89. The maximum atomic E-state index is 14.7. The van der Waals surface area contributed by atoms with Crippen molar-refractivity contribution < 1.29 is 101 Å². The van der Waals surface area contributed by atoms with Crippen molar-refractivity contribution in [3.63, 3.8) is 0 Å². The number of amides is 3. The minimum absolute atomic E-state index is 0.00208. The van der Waals surface area contributed by atoms with E-state index in [0.29, 0.717) is 170 Å². The van der Waals surface area contributed by atoms with Crippen LogP contribution < -0.4 is 22.5 Å². The Kier molecular flexibility index (Phi) is 34.5. The van der Waals surface area contributed by atoms with Crippen molar-refractivity contribution in [3.05, 3.63) is 107 Å². The number of methoxy groups -OCH3 is 2. The SMILES string of the molecule is CO[C@H]1C[C@@H]2CC[C@@H](C)[C@@](O)(O2)C(=O)C(=O)N2CCCC[C@H]2C(=O)O[C@H]([C@H](N)C[C@@H]2CC[C@@H](OC(=O)NCCOCCOCCOCCOCCOCCCC(=O)N3CCc4cc(Cn5nc(-c6ccc7oc(N)nc7c6)c6c(N)ncnc65)ccc4C3)[C@H](OC)C2)CC(=O)[C@H](C)/C=C(\C)[C@@H](O)[C@@H](O)C(=O)[C@H](C)C[C@H](C)/C=C/C=CC=C1C. The van der Waals surface area contributed by atoms with Crippen molar-refractivity contribution in [2.45, 2.75) is 212 Å². The lowest BCUT2D eigenvalue weighted by Crippen LogP contribution is -2.61. The van der Waals surface area contributed by atoms with Gasteiger partial charge in [-0.25, -0.2) is 24.2 Å². The van der Waals surface area contributed by atoms with Gasteiger partial charge in [0.05, 0.1) is 89.7 Å². The van der Waals surface area contributed by atoms with Gasteiger partial charge in [0.1, 0.15) is 59.6 Å². The number of nitrogens with zero attached hydrogens (tertiary/aromatic N) is 7. The quantitative estimate of drug-likeness (QED) is 0.0110. The Morgan fingerprint density at radius 1 is 0.763 bits per heavy atom. The molecule has 1 saturated carbocycles. The molecule has 32 heteroatoms. The highest BCUT2D eigenvalue weighted by atomic mass is 16.6. The molecule has 4 aliphatic heterocycles. The first-order chi connectivity index (χ1) is 56.7. The summed E-state index contributed by atoms with van der Waals surface area (Å²) in [5.41, 5.74) is 26.7. The van der Waals surface area contributed by atoms with Crippen LogP contribution in [0.5, 0.6) is 0 Å². The first-order valence-corrected chi connectivity index (χ1v) is 41.5. The smallest absolute Gasteiger partial charge is 0.407 e. The number of allylic oxidation sites excluding steroid dienone is 6. The molecule has 2 bridgehead atoms. The van der Waals surface area contributed by atoms with E-state index in [9.17, 15) is 48.9 Å². The summed E-state index contributed by atoms with van der Waals surface area (Å²) >= 11 is 0. The number of nitrogen functional groups attached to an aromatic ring is 2. The molecule has 10 N–H and O–H groups in total. The highest BCUT2D eigenvalue weighted by Gasteiger charge is 2.53. The zero-order valence-corrected chi connectivity index (χ0v) is 69.4. The highest BCUT2D eigenvalue weighted by Crippen LogP contribution is 2.39. The number of ketones is 3. The summed E-state index contributed by atoms with van der Waals surface area (Å²) in [6.07, 6.45) is 9.91. The van der Waals surface area contributed by atoms with Gasteiger partial charge < -0.3 is 99.4 Å². The molecule has 646 valence electrons. The fourth-order valence-electron chi connectivity index (χ4n) is 16.2. The van der Waals surface area contributed by atoms with E-state index >= 15 is 0 Å². The van der Waals surface area contributed by atoms with Gasteiger partial charge in [-0.3, -0.25) is 24.0 Å². The van der Waals surface area contributed by atoms with Crippen molar-refractivity contribution in [2.24, 2.45) is 35.3 Å². The molecule has 10 rings (SSSR count). The first kappa shape index (κ1) is 91.5. The number of nitrogens with two attached hydrogens (primary N) is 3. The zero-order chi connectivity index (χ0) is 84.6. The third-order valence-electron chi connectivity index (χ3n) is 23.1. The van der Waals surface area contributed by atoms with E-state index in [1.54, 1.807) is 33.9 Å². The standard InChI is InChI=1S/C86H121N11O21/c1-52-15-10-9-11-16-53(2)70(108-7)47-63-24-19-57(6)86(107,118-63)79(103)82(104)96-29-13-12-17-66(96)83(105)115-71(48-67(98)54(3)42-56(5)77(101)78(102)76(100)55(4)41-52)64(87)44-58-21-25-69(72(45-58)109-8)117-85(106)90-28-32-111-34-36-113-38-40-114-39-37-112-35-33-110-31-14-18-73(99)95-30-27-60-43-59(20-22-62(60)50-95)49-97-81-74(80(88)91-51-92-81)75(94-97)61-23-26-68-65(46-61)93-84(89)116-68/h9-11,15-16,20,22-23,26,42-43,46,51-52,54-55,57-58,63-64,66,69-72,77-78,101-102,107H,12-14,17-19,21,24-25,27-41,44-45,47-50,87H2,1-8H3,(H2,89,93)(H,90,106)(H2,88,91,92)/b11-9?,15-10+,53-16?,56-42+/t52-,54-,55-,57-,58+,63+,64-,66+,69-,70+,71+,72-,77-,78+,86-/m1/s1. The molecule has 5 aliphatic rings. The van der Waals surface area contributed by atoms with Crippen LogP contribution in [-0.2, 0) is 95.6 Å². The molecule has 15 atom stereocenters. The second kappa shape index (κ2) is 44.5. The van der Waals surface area contributed by atoms with Crippen LogP contribution in [0.1, 0.15) is 148 Å². The number of esters is 1. The lowest BCUT2D eigenvalue weighted by Gasteiger charge is -2.42. The van der Waals surface area contributed by atoms with Crippen LogP contribution in [0.3, 0.4) is 0 Å². The fourth-order valence-corrected chi connectivity index (χ4v) is 16.2. The molecule has 5 aromatic rings. The number of anilines is 2. The highest BCUT2D eigenvalue weighted by molar-refractivity contribution is 6.39. The van der Waals surface area contributed by atoms with E-state index in [2.05, 4.69) is 38.5 Å². The van der Waals surface area contributed by atoms with Crippen molar-refractivity contribution in [2.75, 3.05) is 111 Å². The number of hydrogen-bond donors (Lipinski definition) is 7. The molecule has 2 aromatic carbocycles. The molecule has 0 unspecified atom stereocenters. The van der Waals surface area contributed by atoms with Crippen LogP contribution >= 0.6 is 0 Å². The lowest BCUT2D eigenvalue weighted by atomic mass is 9.80. The number of oxazole rings is 1. The summed E-state index contributed by atoms with van der Waals surface area (Å²) in [6, 6.07) is 9.67. The number of carbonyl (C=O) groups is 7. The molecule has 1 aliphatic carbocycles. The number of hydrogen-bond acceptors (Lipinski definition) is 28. The van der Waals surface area contributed by atoms with Crippen molar-refractivity contribution in [1.82, 2.24) is 39.8 Å². The number of Topliss-reactive ketones (excluding diaryl/α,β-unsaturated/α-hetero) is 3. The van der Waals surface area contributed by atoms with Crippen LogP contribution in [0, 0.1) is 29.6 Å². The number of carbonyl (C=O) groups excluding carboxylic acids is 7. The number of benzene rings is 2. The Morgan fingerprint density at radius 3 is 2.22 bits per heavy atom. The van der Waals surface area contributed by atoms with E-state index in [1.165, 1.54) is 32.0 Å². The average molecular weight is 1640 g/mol. The van der Waals surface area contributed by atoms with Gasteiger partial charge in [0.15, 0.2) is 17.0 Å². The molecule has 0 radical (unpaired) electrons. The summed E-state index contributed by atoms with van der Waals surface area (Å²) < 4.78 is 65.6. The maximum Gasteiger partial charge on any atom is 0.407 e. The maximum absolute atomic E-state index is 14.7. The van der Waals surface area contributed by atoms with Gasteiger partial charge in [-0.05, 0) is 149 Å². The van der Waals surface area contributed by atoms with Gasteiger partial charge in [-0.15, -0.1) is 0 Å².